The Morgan fingerprint density at radius 1 is 1.67 bits per heavy atom. The van der Waals surface area contributed by atoms with Gasteiger partial charge in [-0.2, -0.15) is 0 Å². The predicted molar refractivity (Wildman–Crippen MR) is 54.9 cm³/mol. The van der Waals surface area contributed by atoms with E-state index in [1.54, 1.807) is 7.11 Å². The zero-order valence-corrected chi connectivity index (χ0v) is 9.15. The van der Waals surface area contributed by atoms with Gasteiger partial charge in [0.2, 0.25) is 0 Å². The average Bonchev–Trinajstić information content (AvgIpc) is 2.25. The van der Waals surface area contributed by atoms with Crippen LogP contribution in [-0.4, -0.2) is 62.0 Å². The van der Waals surface area contributed by atoms with E-state index in [1.807, 2.05) is 4.90 Å². The summed E-state index contributed by atoms with van der Waals surface area (Å²) in [5.74, 6) is -0.795. The lowest BCUT2D eigenvalue weighted by atomic mass is 10.1. The summed E-state index contributed by atoms with van der Waals surface area (Å²) < 4.78 is 10.3. The van der Waals surface area contributed by atoms with Gasteiger partial charge >= 0.3 is 5.97 Å². The molecule has 88 valence electrons. The molecule has 1 N–H and O–H groups in total. The molecule has 5 nitrogen and oxygen atoms in total. The third-order valence-electron chi connectivity index (χ3n) is 2.57. The second-order valence-corrected chi connectivity index (χ2v) is 3.73. The number of carbonyl (C=O) groups is 1. The van der Waals surface area contributed by atoms with E-state index in [2.05, 4.69) is 0 Å². The molecule has 1 unspecified atom stereocenters. The smallest absolute Gasteiger partial charge is 0.317 e. The van der Waals surface area contributed by atoms with Crippen LogP contribution in [-0.2, 0) is 14.3 Å². The van der Waals surface area contributed by atoms with E-state index in [1.165, 1.54) is 0 Å². The molecule has 0 aromatic rings. The Labute approximate surface area is 90.0 Å². The van der Waals surface area contributed by atoms with E-state index in [-0.39, 0.29) is 12.6 Å². The van der Waals surface area contributed by atoms with Gasteiger partial charge in [-0.15, -0.1) is 0 Å². The minimum Gasteiger partial charge on any atom is -0.480 e. The minimum atomic E-state index is -0.795. The fraction of sp³-hybridized carbons (Fsp3) is 0.900. The molecule has 0 spiro atoms. The molecule has 1 heterocycles. The average molecular weight is 217 g/mol. The molecule has 0 aromatic heterocycles. The summed E-state index contributed by atoms with van der Waals surface area (Å²) in [5, 5.41) is 8.79. The van der Waals surface area contributed by atoms with Crippen LogP contribution in [0.1, 0.15) is 12.8 Å². The molecule has 0 radical (unpaired) electrons. The van der Waals surface area contributed by atoms with Crippen molar-refractivity contribution in [3.63, 3.8) is 0 Å². The highest BCUT2D eigenvalue weighted by Crippen LogP contribution is 2.12. The van der Waals surface area contributed by atoms with E-state index in [9.17, 15) is 4.79 Å². The summed E-state index contributed by atoms with van der Waals surface area (Å²) in [6.45, 7) is 2.71. The Hall–Kier alpha value is -0.650. The molecule has 1 saturated heterocycles. The lowest BCUT2D eigenvalue weighted by molar-refractivity contribution is -0.139. The van der Waals surface area contributed by atoms with Gasteiger partial charge in [-0.1, -0.05) is 0 Å². The van der Waals surface area contributed by atoms with E-state index in [0.29, 0.717) is 19.8 Å². The van der Waals surface area contributed by atoms with Crippen LogP contribution < -0.4 is 0 Å². The number of methoxy groups -OCH3 is 1. The van der Waals surface area contributed by atoms with Crippen molar-refractivity contribution in [1.82, 2.24) is 4.90 Å². The SMILES string of the molecule is COCCN(CC(=O)O)C1CCCOC1. The lowest BCUT2D eigenvalue weighted by Crippen LogP contribution is -2.45. The van der Waals surface area contributed by atoms with Gasteiger partial charge in [0.1, 0.15) is 0 Å². The van der Waals surface area contributed by atoms with E-state index in [0.717, 1.165) is 19.4 Å². The summed E-state index contributed by atoms with van der Waals surface area (Å²) in [5.41, 5.74) is 0. The zero-order valence-electron chi connectivity index (χ0n) is 9.15. The number of carboxylic acids is 1. The third kappa shape index (κ3) is 4.59. The number of rotatable bonds is 6. The van der Waals surface area contributed by atoms with Crippen LogP contribution in [0.2, 0.25) is 0 Å². The molecule has 1 atom stereocenters. The van der Waals surface area contributed by atoms with Gasteiger partial charge in [0.25, 0.3) is 0 Å². The van der Waals surface area contributed by atoms with E-state index >= 15 is 0 Å². The van der Waals surface area contributed by atoms with Gasteiger partial charge in [-0.25, -0.2) is 0 Å². The highest BCUT2D eigenvalue weighted by atomic mass is 16.5. The monoisotopic (exact) mass is 217 g/mol. The molecule has 0 aromatic carbocycles. The molecule has 1 rings (SSSR count). The third-order valence-corrected chi connectivity index (χ3v) is 2.57. The van der Waals surface area contributed by atoms with Gasteiger partial charge in [0.05, 0.1) is 19.8 Å². The molecule has 0 bridgehead atoms. The van der Waals surface area contributed by atoms with Crippen LogP contribution in [0.25, 0.3) is 0 Å². The van der Waals surface area contributed by atoms with Crippen molar-refractivity contribution >= 4 is 5.97 Å². The summed E-state index contributed by atoms with van der Waals surface area (Å²) in [6, 6.07) is 0.227. The topological polar surface area (TPSA) is 59.0 Å². The molecular formula is C10H19NO4. The van der Waals surface area contributed by atoms with Crippen molar-refractivity contribution in [2.45, 2.75) is 18.9 Å². The summed E-state index contributed by atoms with van der Waals surface area (Å²) in [4.78, 5) is 12.6. The van der Waals surface area contributed by atoms with Gasteiger partial charge < -0.3 is 14.6 Å². The molecule has 1 aliphatic rings. The Morgan fingerprint density at radius 2 is 2.47 bits per heavy atom. The van der Waals surface area contributed by atoms with Crippen molar-refractivity contribution in [3.8, 4) is 0 Å². The second kappa shape index (κ2) is 6.76. The number of aliphatic carboxylic acids is 1. The van der Waals surface area contributed by atoms with Crippen molar-refractivity contribution < 1.29 is 19.4 Å². The van der Waals surface area contributed by atoms with Crippen molar-refractivity contribution in [2.75, 3.05) is 40.0 Å². The van der Waals surface area contributed by atoms with Crippen molar-refractivity contribution in [1.29, 1.82) is 0 Å². The molecule has 15 heavy (non-hydrogen) atoms. The summed E-state index contributed by atoms with van der Waals surface area (Å²) in [6.07, 6.45) is 2.02. The summed E-state index contributed by atoms with van der Waals surface area (Å²) >= 11 is 0. The van der Waals surface area contributed by atoms with Crippen LogP contribution in [0.5, 0.6) is 0 Å². The standard InChI is InChI=1S/C10H19NO4/c1-14-6-4-11(7-10(12)13)9-3-2-5-15-8-9/h9H,2-8H2,1H3,(H,12,13). The maximum atomic E-state index is 10.7. The number of carboxylic acid groups (broad SMARTS) is 1. The van der Waals surface area contributed by atoms with Crippen LogP contribution in [0.3, 0.4) is 0 Å². The fourth-order valence-corrected chi connectivity index (χ4v) is 1.78. The van der Waals surface area contributed by atoms with Crippen LogP contribution in [0.15, 0.2) is 0 Å². The molecule has 1 aliphatic heterocycles. The first-order valence-corrected chi connectivity index (χ1v) is 5.26. The molecule has 5 heteroatoms. The first-order chi connectivity index (χ1) is 7.24. The van der Waals surface area contributed by atoms with Gasteiger partial charge in [0, 0.05) is 26.3 Å². The zero-order chi connectivity index (χ0) is 11.1. The number of ether oxygens (including phenoxy) is 2. The number of nitrogens with zero attached hydrogens (tertiary/aromatic N) is 1. The van der Waals surface area contributed by atoms with Gasteiger partial charge in [-0.3, -0.25) is 9.69 Å². The van der Waals surface area contributed by atoms with E-state index in [4.69, 9.17) is 14.6 Å². The van der Waals surface area contributed by atoms with Gasteiger partial charge in [-0.05, 0) is 12.8 Å². The Balaban J connectivity index is 2.41. The Bertz CT molecular complexity index is 192. The molecule has 0 saturated carbocycles. The van der Waals surface area contributed by atoms with Crippen molar-refractivity contribution in [3.05, 3.63) is 0 Å². The predicted octanol–water partition coefficient (Wildman–Crippen LogP) is 0.198. The molecule has 0 amide bonds. The number of hydrogen-bond acceptors (Lipinski definition) is 4. The first-order valence-electron chi connectivity index (χ1n) is 5.26. The van der Waals surface area contributed by atoms with E-state index < -0.39 is 5.97 Å². The maximum absolute atomic E-state index is 10.7. The summed E-state index contributed by atoms with van der Waals surface area (Å²) in [7, 11) is 1.62. The van der Waals surface area contributed by atoms with Crippen LogP contribution in [0.4, 0.5) is 0 Å². The Kier molecular flexibility index (Phi) is 5.60. The minimum absolute atomic E-state index is 0.0669. The highest BCUT2D eigenvalue weighted by Gasteiger charge is 2.22. The van der Waals surface area contributed by atoms with Crippen molar-refractivity contribution in [2.24, 2.45) is 0 Å². The fourth-order valence-electron chi connectivity index (χ4n) is 1.78. The molecule has 0 aliphatic carbocycles. The quantitative estimate of drug-likeness (QED) is 0.688. The van der Waals surface area contributed by atoms with Crippen LogP contribution in [0, 0.1) is 0 Å². The normalized spacial score (nSPS) is 21.9. The van der Waals surface area contributed by atoms with Gasteiger partial charge in [0.15, 0.2) is 0 Å². The molecular weight excluding hydrogens is 198 g/mol. The largest absolute Gasteiger partial charge is 0.480 e. The first kappa shape index (κ1) is 12.4. The Morgan fingerprint density at radius 3 is 3.00 bits per heavy atom. The number of hydrogen-bond donors (Lipinski definition) is 1. The molecule has 1 fully saturated rings. The second-order valence-electron chi connectivity index (χ2n) is 3.73. The maximum Gasteiger partial charge on any atom is 0.317 e. The highest BCUT2D eigenvalue weighted by molar-refractivity contribution is 5.69. The van der Waals surface area contributed by atoms with Crippen LogP contribution >= 0.6 is 0 Å². The lowest BCUT2D eigenvalue weighted by Gasteiger charge is -2.32.